The summed E-state index contributed by atoms with van der Waals surface area (Å²) in [5.74, 6) is -0.0543. The summed E-state index contributed by atoms with van der Waals surface area (Å²) in [6.45, 7) is 5.07. The van der Waals surface area contributed by atoms with Gasteiger partial charge in [0.1, 0.15) is 0 Å². The molecule has 0 radical (unpaired) electrons. The molecule has 1 heterocycles. The van der Waals surface area contributed by atoms with Crippen LogP contribution in [0.3, 0.4) is 0 Å². The van der Waals surface area contributed by atoms with Gasteiger partial charge in [-0.05, 0) is 36.8 Å². The fourth-order valence-electron chi connectivity index (χ4n) is 2.83. The highest BCUT2D eigenvalue weighted by Crippen LogP contribution is 2.27. The average molecular weight is 349 g/mol. The van der Waals surface area contributed by atoms with Gasteiger partial charge in [-0.1, -0.05) is 41.4 Å². The van der Waals surface area contributed by atoms with E-state index in [-0.39, 0.29) is 5.91 Å². The van der Waals surface area contributed by atoms with E-state index in [1.165, 1.54) is 11.3 Å². The van der Waals surface area contributed by atoms with Crippen molar-refractivity contribution in [3.63, 3.8) is 0 Å². The second-order valence-corrected chi connectivity index (χ2v) is 6.50. The number of halogens is 2. The molecular weight excluding hydrogens is 331 g/mol. The topological polar surface area (TPSA) is 23.6 Å². The molecule has 120 valence electrons. The van der Waals surface area contributed by atoms with Crippen molar-refractivity contribution in [2.24, 2.45) is 0 Å². The van der Waals surface area contributed by atoms with Crippen molar-refractivity contribution in [1.29, 1.82) is 0 Å². The van der Waals surface area contributed by atoms with E-state index in [1.54, 1.807) is 18.2 Å². The molecule has 1 amide bonds. The third-order valence-corrected chi connectivity index (χ3v) is 4.93. The highest BCUT2D eigenvalue weighted by molar-refractivity contribution is 6.43. The van der Waals surface area contributed by atoms with Crippen molar-refractivity contribution < 1.29 is 4.79 Å². The number of hydrogen-bond donors (Lipinski definition) is 0. The Bertz CT molecular complexity index is 725. The molecule has 0 aliphatic carbocycles. The second-order valence-electron chi connectivity index (χ2n) is 5.72. The summed E-state index contributed by atoms with van der Waals surface area (Å²) in [4.78, 5) is 16.8. The minimum atomic E-state index is -0.0543. The normalized spacial score (nSPS) is 14.9. The highest BCUT2D eigenvalue weighted by atomic mass is 35.5. The van der Waals surface area contributed by atoms with Crippen LogP contribution in [0.15, 0.2) is 42.5 Å². The maximum atomic E-state index is 12.6. The lowest BCUT2D eigenvalue weighted by Gasteiger charge is -2.36. The molecular formula is C18H18Cl2N2O. The van der Waals surface area contributed by atoms with Crippen molar-refractivity contribution in [2.75, 3.05) is 31.1 Å². The predicted molar refractivity (Wildman–Crippen MR) is 95.8 cm³/mol. The van der Waals surface area contributed by atoms with Gasteiger partial charge in [-0.2, -0.15) is 0 Å². The first-order valence-corrected chi connectivity index (χ1v) is 8.37. The average Bonchev–Trinajstić information content (AvgIpc) is 2.57. The van der Waals surface area contributed by atoms with Crippen LogP contribution in [0.1, 0.15) is 15.9 Å². The van der Waals surface area contributed by atoms with E-state index in [2.05, 4.69) is 36.1 Å². The van der Waals surface area contributed by atoms with Crippen molar-refractivity contribution >= 4 is 34.8 Å². The van der Waals surface area contributed by atoms with E-state index >= 15 is 0 Å². The van der Waals surface area contributed by atoms with Crippen molar-refractivity contribution in [3.05, 3.63) is 63.6 Å². The molecule has 1 saturated heterocycles. The number of anilines is 1. The number of carbonyl (C=O) groups is 1. The largest absolute Gasteiger partial charge is 0.368 e. The lowest BCUT2D eigenvalue weighted by molar-refractivity contribution is 0.0747. The molecule has 0 unspecified atom stereocenters. The van der Waals surface area contributed by atoms with Crippen LogP contribution in [0.5, 0.6) is 0 Å². The van der Waals surface area contributed by atoms with E-state index < -0.39 is 0 Å². The van der Waals surface area contributed by atoms with Gasteiger partial charge in [0, 0.05) is 31.9 Å². The first-order valence-electron chi connectivity index (χ1n) is 7.61. The molecule has 3 nitrogen and oxygen atoms in total. The van der Waals surface area contributed by atoms with Gasteiger partial charge in [0.25, 0.3) is 5.91 Å². The maximum Gasteiger partial charge on any atom is 0.255 e. The van der Waals surface area contributed by atoms with Crippen LogP contribution in [0.25, 0.3) is 0 Å². The number of rotatable bonds is 2. The van der Waals surface area contributed by atoms with Crippen molar-refractivity contribution in [1.82, 2.24) is 4.90 Å². The molecule has 2 aromatic rings. The minimum absolute atomic E-state index is 0.0543. The molecule has 2 aromatic carbocycles. The molecule has 3 rings (SSSR count). The molecule has 1 fully saturated rings. The molecule has 0 atom stereocenters. The summed E-state index contributed by atoms with van der Waals surface area (Å²) in [6.07, 6.45) is 0. The standard InChI is InChI=1S/C18H18Cl2N2O/c1-13-4-2-5-14(12-13)21-8-10-22(11-9-21)18(23)15-6-3-7-16(19)17(15)20/h2-7,12H,8-11H2,1H3. The van der Waals surface area contributed by atoms with Crippen molar-refractivity contribution in [2.45, 2.75) is 6.92 Å². The van der Waals surface area contributed by atoms with Gasteiger partial charge in [0.15, 0.2) is 0 Å². The second kappa shape index (κ2) is 6.81. The summed E-state index contributed by atoms with van der Waals surface area (Å²) >= 11 is 12.2. The monoisotopic (exact) mass is 348 g/mol. The molecule has 23 heavy (non-hydrogen) atoms. The molecule has 0 bridgehead atoms. The molecule has 1 aliphatic heterocycles. The molecule has 0 aromatic heterocycles. The zero-order valence-corrected chi connectivity index (χ0v) is 14.4. The number of benzene rings is 2. The number of piperazine rings is 1. The zero-order chi connectivity index (χ0) is 16.4. The predicted octanol–water partition coefficient (Wildman–Crippen LogP) is 4.26. The Morgan fingerprint density at radius 2 is 1.70 bits per heavy atom. The first kappa shape index (κ1) is 16.2. The fraction of sp³-hybridized carbons (Fsp3) is 0.278. The van der Waals surface area contributed by atoms with Gasteiger partial charge in [-0.25, -0.2) is 0 Å². The Hall–Kier alpha value is -1.71. The summed E-state index contributed by atoms with van der Waals surface area (Å²) in [7, 11) is 0. The van der Waals surface area contributed by atoms with E-state index in [1.807, 2.05) is 4.90 Å². The van der Waals surface area contributed by atoms with Crippen LogP contribution < -0.4 is 4.90 Å². The van der Waals surface area contributed by atoms with Crippen LogP contribution >= 0.6 is 23.2 Å². The lowest BCUT2D eigenvalue weighted by atomic mass is 10.1. The van der Waals surface area contributed by atoms with E-state index in [9.17, 15) is 4.79 Å². The minimum Gasteiger partial charge on any atom is -0.368 e. The smallest absolute Gasteiger partial charge is 0.255 e. The van der Waals surface area contributed by atoms with E-state index in [0.29, 0.717) is 28.7 Å². The van der Waals surface area contributed by atoms with Crippen LogP contribution in [0.2, 0.25) is 10.0 Å². The van der Waals surface area contributed by atoms with Gasteiger partial charge < -0.3 is 9.80 Å². The summed E-state index contributed by atoms with van der Waals surface area (Å²) in [6, 6.07) is 13.6. The van der Waals surface area contributed by atoms with Crippen LogP contribution in [0, 0.1) is 6.92 Å². The van der Waals surface area contributed by atoms with E-state index in [4.69, 9.17) is 23.2 Å². The van der Waals surface area contributed by atoms with Gasteiger partial charge in [0.2, 0.25) is 0 Å². The third kappa shape index (κ3) is 3.46. The maximum absolute atomic E-state index is 12.6. The van der Waals surface area contributed by atoms with Crippen molar-refractivity contribution in [3.8, 4) is 0 Å². The van der Waals surface area contributed by atoms with Gasteiger partial charge in [-0.15, -0.1) is 0 Å². The number of carbonyl (C=O) groups excluding carboxylic acids is 1. The Kier molecular flexibility index (Phi) is 4.79. The molecule has 0 spiro atoms. The molecule has 0 saturated carbocycles. The summed E-state index contributed by atoms with van der Waals surface area (Å²) in [5, 5.41) is 0.746. The quantitative estimate of drug-likeness (QED) is 0.809. The molecule has 0 N–H and O–H groups in total. The SMILES string of the molecule is Cc1cccc(N2CCN(C(=O)c3cccc(Cl)c3Cl)CC2)c1. The molecule has 1 aliphatic rings. The van der Waals surface area contributed by atoms with Crippen LogP contribution in [0.4, 0.5) is 5.69 Å². The Balaban J connectivity index is 1.69. The zero-order valence-electron chi connectivity index (χ0n) is 12.9. The first-order chi connectivity index (χ1) is 11.1. The van der Waals surface area contributed by atoms with E-state index in [0.717, 1.165) is 13.1 Å². The highest BCUT2D eigenvalue weighted by Gasteiger charge is 2.24. The molecule has 5 heteroatoms. The fourth-order valence-corrected chi connectivity index (χ4v) is 3.21. The van der Waals surface area contributed by atoms with Crippen LogP contribution in [-0.2, 0) is 0 Å². The third-order valence-electron chi connectivity index (χ3n) is 4.12. The Labute approximate surface area is 146 Å². The lowest BCUT2D eigenvalue weighted by Crippen LogP contribution is -2.48. The van der Waals surface area contributed by atoms with Gasteiger partial charge in [0.05, 0.1) is 15.6 Å². The van der Waals surface area contributed by atoms with Gasteiger partial charge in [-0.3, -0.25) is 4.79 Å². The number of aryl methyl sites for hydroxylation is 1. The number of nitrogens with zero attached hydrogens (tertiary/aromatic N) is 2. The number of hydrogen-bond acceptors (Lipinski definition) is 2. The Morgan fingerprint density at radius 3 is 2.39 bits per heavy atom. The van der Waals surface area contributed by atoms with Crippen LogP contribution in [-0.4, -0.2) is 37.0 Å². The Morgan fingerprint density at radius 1 is 1.00 bits per heavy atom. The number of amides is 1. The van der Waals surface area contributed by atoms with Gasteiger partial charge >= 0.3 is 0 Å². The summed E-state index contributed by atoms with van der Waals surface area (Å²) in [5.41, 5.74) is 2.92. The summed E-state index contributed by atoms with van der Waals surface area (Å²) < 4.78 is 0.